The highest BCUT2D eigenvalue weighted by Crippen LogP contribution is 2.28. The number of thioether (sulfide) groups is 3. The van der Waals surface area contributed by atoms with Crippen LogP contribution in [0.2, 0.25) is 0 Å². The second kappa shape index (κ2) is 55.5. The van der Waals surface area contributed by atoms with Gasteiger partial charge in [0, 0.05) is 72.8 Å². The molecule has 1 saturated heterocycles. The molecule has 3 aromatic rings. The van der Waals surface area contributed by atoms with Crippen LogP contribution in [0.25, 0.3) is 0 Å². The number of fused-ring (bicyclic) bond motifs is 17. The number of unbranched alkanes of at least 4 members (excludes halogenated alkanes) is 1. The number of carbonyl (C=O) groups is 3. The Morgan fingerprint density at radius 1 is 0.460 bits per heavy atom. The Balaban J connectivity index is 1.57. The molecule has 29 N–H and O–H groups in total. The zero-order valence-corrected chi connectivity index (χ0v) is 78.8. The minimum atomic E-state index is -2.92. The third kappa shape index (κ3) is 35.4. The van der Waals surface area contributed by atoms with Gasteiger partial charge in [0.25, 0.3) is 0 Å². The third-order valence-electron chi connectivity index (χ3n) is 22.1. The summed E-state index contributed by atoms with van der Waals surface area (Å²) < 4.78 is 0. The summed E-state index contributed by atoms with van der Waals surface area (Å²) in [6.45, 7) is 1.77. The number of carboxylic acid groups (broad SMARTS) is 2. The van der Waals surface area contributed by atoms with Gasteiger partial charge in [-0.05, 0) is 93.5 Å². The highest BCUT2D eigenvalue weighted by molar-refractivity contribution is 8.00. The average Bonchev–Trinajstić information content (AvgIpc) is 1.09. The lowest BCUT2D eigenvalue weighted by Gasteiger charge is -2.25. The zero-order valence-electron chi connectivity index (χ0n) is 76.4. The lowest BCUT2D eigenvalue weighted by molar-refractivity contribution is -0.147. The zero-order chi connectivity index (χ0) is 102. The molecule has 3 aromatic carbocycles. The Hall–Kier alpha value is -13.1. The van der Waals surface area contributed by atoms with E-state index in [1.807, 2.05) is 0 Å². The normalized spacial score (nSPS) is 27.9. The Morgan fingerprint density at radius 3 is 1.48 bits per heavy atom. The number of aliphatic hydroxyl groups is 20. The Morgan fingerprint density at radius 2 is 0.921 bits per heavy atom. The monoisotopic (exact) mass is 2000 g/mol. The van der Waals surface area contributed by atoms with Crippen molar-refractivity contribution in [2.45, 2.75) is 225 Å². The topological polar surface area (TPSA) is 821 Å². The number of nitrogens with two attached hydrogens (primary N) is 2. The number of rotatable bonds is 19. The minimum Gasteiger partial charge on any atom is -0.497 e. The lowest BCUT2D eigenvalue weighted by atomic mass is 10.0. The van der Waals surface area contributed by atoms with Crippen molar-refractivity contribution in [2.24, 2.45) is 102 Å². The number of benzene rings is 3. The fourth-order valence-electron chi connectivity index (χ4n) is 14.5. The number of aliphatic hydroxyl groups excluding tert-OH is 20. The summed E-state index contributed by atoms with van der Waals surface area (Å²) in [4.78, 5) is 116. The molecule has 0 saturated carbocycles. The van der Waals surface area contributed by atoms with Crippen molar-refractivity contribution in [1.82, 2.24) is 10.2 Å². The SMILES string of the molecule is CC(C)[C@@H]1N=C(O)[C@H](Cc2ccccc2)N=C(O)[C@@H]2N=C(O)[C@H](Cc3ccccc3)N=C(O)[C@@H]3CCCN3C(=O)CN=C(O)[C@H](Cc3ccccc3)N=C(O)[C@@H]3CNCCCC[C@@H](C(=O)O)N=C(O)[C@H]4CSC[C@H](N)C(O)=N[C@@H](CCCCN)C(O)=N[C@@H](CCC(=N)O)C(O)=N[C@H](CSC[C@H](N=C1O)C(O)=N[C@@H]([C@H](O)C(=O)O)C(O)=NCC(O)=N[C@@H](CC(=N)O)C(O)=N4)C(O)=N[C@@H](CS[C@H]2C)C(O)=N3. The van der Waals surface area contributed by atoms with E-state index in [4.69, 9.17) is 27.3 Å². The molecule has 5 aliphatic rings. The van der Waals surface area contributed by atoms with Crippen LogP contribution in [0.15, 0.2) is 176 Å². The summed E-state index contributed by atoms with van der Waals surface area (Å²) >= 11 is 2.06. The van der Waals surface area contributed by atoms with Crippen molar-refractivity contribution in [3.05, 3.63) is 108 Å². The van der Waals surface area contributed by atoms with E-state index in [1.165, 1.54) is 25.7 Å². The number of nitrogens with zero attached hydrogens (tertiary/aromatic N) is 18. The van der Waals surface area contributed by atoms with Crippen LogP contribution in [0, 0.1) is 16.7 Å². The fraction of sp³-hybridized carbons (Fsp3) is 0.545. The summed E-state index contributed by atoms with van der Waals surface area (Å²) in [6, 6.07) is -6.53. The molecule has 6 bridgehead atoms. The predicted molar refractivity (Wildman–Crippen MR) is 538 cm³/mol. The molecule has 19 atom stereocenters. The van der Waals surface area contributed by atoms with Gasteiger partial charge in [-0.3, -0.25) is 15.6 Å². The molecular formula is C88H123N23O25S3. The van der Waals surface area contributed by atoms with Crippen LogP contribution in [0.5, 0.6) is 0 Å². The molecule has 8 rings (SSSR count). The number of carboxylic acids is 2. The molecule has 139 heavy (non-hydrogen) atoms. The Kier molecular flexibility index (Phi) is 44.4. The van der Waals surface area contributed by atoms with Crippen LogP contribution < -0.4 is 16.8 Å². The number of hydrogen-bond acceptors (Lipinski definition) is 29. The molecule has 758 valence electrons. The van der Waals surface area contributed by atoms with Crippen molar-refractivity contribution in [1.29, 1.82) is 10.8 Å². The van der Waals surface area contributed by atoms with Crippen LogP contribution >= 0.6 is 35.3 Å². The minimum absolute atomic E-state index is 0.0170. The molecule has 5 aliphatic heterocycles. The maximum Gasteiger partial charge on any atom is 0.335 e. The van der Waals surface area contributed by atoms with E-state index in [0.29, 0.717) is 34.9 Å². The molecule has 0 spiro atoms. The van der Waals surface area contributed by atoms with Crippen molar-refractivity contribution >= 4 is 165 Å². The first-order chi connectivity index (χ1) is 66.2. The van der Waals surface area contributed by atoms with Crippen LogP contribution in [0.4, 0.5) is 0 Å². The number of amides is 1. The number of aliphatic carboxylic acids is 2. The van der Waals surface area contributed by atoms with Crippen LogP contribution in [0.1, 0.15) is 108 Å². The first kappa shape index (κ1) is 111. The second-order valence-corrected chi connectivity index (χ2v) is 36.8. The van der Waals surface area contributed by atoms with Gasteiger partial charge in [-0.25, -0.2) is 94.5 Å². The maximum absolute atomic E-state index is 14.6. The number of nitrogens with one attached hydrogen (secondary N) is 3. The molecule has 1 amide bonds. The largest absolute Gasteiger partial charge is 0.497 e. The number of carbonyl (C=O) groups excluding carboxylic acids is 1. The smallest absolute Gasteiger partial charge is 0.335 e. The van der Waals surface area contributed by atoms with E-state index in [2.05, 4.69) is 85.2 Å². The van der Waals surface area contributed by atoms with Crippen LogP contribution in [-0.4, -0.2) is 429 Å². The molecule has 48 nitrogen and oxygen atoms in total. The van der Waals surface area contributed by atoms with Crippen LogP contribution in [-0.2, 0) is 33.6 Å². The van der Waals surface area contributed by atoms with Gasteiger partial charge in [-0.15, -0.1) is 0 Å². The van der Waals surface area contributed by atoms with Gasteiger partial charge in [-0.2, -0.15) is 35.3 Å². The van der Waals surface area contributed by atoms with Gasteiger partial charge >= 0.3 is 11.9 Å². The highest BCUT2D eigenvalue weighted by atomic mass is 32.2. The van der Waals surface area contributed by atoms with E-state index in [-0.39, 0.29) is 83.8 Å². The summed E-state index contributed by atoms with van der Waals surface area (Å²) in [5, 5.41) is 282. The number of aliphatic imine (C=N–C) groups is 17. The fourth-order valence-corrected chi connectivity index (χ4v) is 17.6. The summed E-state index contributed by atoms with van der Waals surface area (Å²) in [6.07, 6.45) is -5.89. The third-order valence-corrected chi connectivity index (χ3v) is 25.6. The predicted octanol–water partition coefficient (Wildman–Crippen LogP) is 6.78. The van der Waals surface area contributed by atoms with E-state index in [0.717, 1.165) is 23.5 Å². The quantitative estimate of drug-likeness (QED) is 0.0254. The van der Waals surface area contributed by atoms with Crippen molar-refractivity contribution in [2.75, 3.05) is 68.0 Å². The Labute approximate surface area is 811 Å². The van der Waals surface area contributed by atoms with Gasteiger partial charge in [0.2, 0.25) is 100 Å². The van der Waals surface area contributed by atoms with Crippen molar-refractivity contribution < 1.29 is 127 Å². The first-order valence-corrected chi connectivity index (χ1v) is 48.0. The average molecular weight is 2000 g/mol. The van der Waals surface area contributed by atoms with Gasteiger partial charge in [0.05, 0.1) is 12.5 Å². The van der Waals surface area contributed by atoms with Gasteiger partial charge in [0.15, 0.2) is 35.9 Å². The lowest BCUT2D eigenvalue weighted by Crippen LogP contribution is -2.43. The molecule has 51 heteroatoms. The standard InChI is InChI=1S/C88H123N23O25S3/c1-44(2)67-85(131)107-60-42-138-41-59-80(126)106-61-43-139-45(3)68(86(132)102-55(76(122)108-67)34-48-22-11-6-12-23-48)109-77(123)54(33-47-20-9-5-10-21-47)101-83(129)62-26-17-31-111(62)66(115)38-95-72(118)53(32-46-18-7-4-8-19-46)100-78(124)57(103-81(61)127)36-93-30-16-14-25-52(87(133)134)99-79(125)58(105-75(121)56(35-64(92)113)96-65(114)37-94-84(130)69(110-82(60)128)70(116)88(135)136)40-137-39-49(90)71(117)97-50(24-13-15-29-89)73(119)98-51(74(120)104-59)27-28-63(91)112/h4-12,18-23,44-45,49-62,67-70,93,116H,13-17,24-43,89-90H2,1-3H3,(H2,91,112)(H2,92,113)(H,94,130)(H,95,118)(H,96,114)(H,97,117)(H,98,119)(H,99,125)(H,100,124)(H,101,129)(H,102,132)(H,103,127)(H,104,120)(H,105,121)(H,106,126)(H,107,131)(H,108,122)(H,109,123)(H,110,128)(H,133,134)(H,135,136)/t45-,49-,50-,51-,52-,53-,54-,55-,56-,57-,58+,59+,60-,61-,62-,67-,68+,69-,70-/m0/s1. The number of hydrogen-bond donors (Lipinski definition) is 27. The van der Waals surface area contributed by atoms with E-state index >= 15 is 0 Å². The van der Waals surface area contributed by atoms with Crippen LogP contribution in [0.3, 0.4) is 0 Å². The molecule has 5 heterocycles. The molecule has 0 aromatic heterocycles. The van der Waals surface area contributed by atoms with Gasteiger partial charge < -0.3 is 134 Å². The highest BCUT2D eigenvalue weighted by Gasteiger charge is 2.40. The van der Waals surface area contributed by atoms with E-state index < -0.39 is 318 Å². The molecular weight excluding hydrogens is 1880 g/mol. The Bertz CT molecular complexity index is 5200. The van der Waals surface area contributed by atoms with Crippen molar-refractivity contribution in [3.8, 4) is 0 Å². The molecule has 0 aliphatic carbocycles. The van der Waals surface area contributed by atoms with E-state index in [9.17, 15) is 127 Å². The van der Waals surface area contributed by atoms with Crippen molar-refractivity contribution in [3.63, 3.8) is 0 Å². The summed E-state index contributed by atoms with van der Waals surface area (Å²) in [5.74, 6) is -29.3. The molecule has 0 radical (unpaired) electrons. The maximum atomic E-state index is 14.6. The summed E-state index contributed by atoms with van der Waals surface area (Å²) in [7, 11) is 0. The van der Waals surface area contributed by atoms with Gasteiger partial charge in [0.1, 0.15) is 97.7 Å². The summed E-state index contributed by atoms with van der Waals surface area (Å²) in [5.41, 5.74) is 13.9. The second-order valence-electron chi connectivity index (χ2n) is 33.3. The van der Waals surface area contributed by atoms with E-state index in [1.54, 1.807) is 91.0 Å². The molecule has 0 unspecified atom stereocenters. The van der Waals surface area contributed by atoms with Gasteiger partial charge in [-0.1, -0.05) is 112 Å². The first-order valence-electron chi connectivity index (χ1n) is 44.6. The molecule has 1 fully saturated rings.